The summed E-state index contributed by atoms with van der Waals surface area (Å²) in [6.45, 7) is 0. The molecule has 0 radical (unpaired) electrons. The van der Waals surface area contributed by atoms with Crippen LogP contribution in [-0.4, -0.2) is 9.97 Å². The van der Waals surface area contributed by atoms with E-state index in [-0.39, 0.29) is 19.5 Å². The van der Waals surface area contributed by atoms with Gasteiger partial charge in [0.25, 0.3) is 0 Å². The van der Waals surface area contributed by atoms with E-state index in [0.717, 1.165) is 94.9 Å². The second-order valence-corrected chi connectivity index (χ2v) is 12.2. The summed E-state index contributed by atoms with van der Waals surface area (Å²) in [4.78, 5) is 21.2. The van der Waals surface area contributed by atoms with E-state index < -0.39 is 0 Å². The number of hydrogen-bond acceptors (Lipinski definition) is 2. The predicted molar refractivity (Wildman–Crippen MR) is 206 cm³/mol. The van der Waals surface area contributed by atoms with Crippen molar-refractivity contribution in [1.29, 1.82) is 0 Å². The largest absolute Gasteiger partial charge is 2.00 e. The predicted octanol–water partition coefficient (Wildman–Crippen LogP) is 10.6. The van der Waals surface area contributed by atoms with Gasteiger partial charge in [0.15, 0.2) is 0 Å². The van der Waals surface area contributed by atoms with Gasteiger partial charge >= 0.3 is 19.5 Å². The average molecular weight is 702 g/mol. The van der Waals surface area contributed by atoms with E-state index in [4.69, 9.17) is 26.4 Å². The summed E-state index contributed by atoms with van der Waals surface area (Å²) in [5, 5.41) is 0. The van der Waals surface area contributed by atoms with Crippen molar-refractivity contribution in [3.05, 3.63) is 168 Å². The number of fused-ring (bicyclic) bond motifs is 8. The van der Waals surface area contributed by atoms with Gasteiger partial charge in [0.05, 0.1) is 22.8 Å². The molecule has 2 aliphatic rings. The van der Waals surface area contributed by atoms with Gasteiger partial charge in [-0.1, -0.05) is 133 Å². The number of nitrogens with zero attached hydrogens (tertiary/aromatic N) is 4. The molecule has 2 aliphatic heterocycles. The van der Waals surface area contributed by atoms with Crippen molar-refractivity contribution in [3.8, 4) is 56.9 Å². The van der Waals surface area contributed by atoms with Gasteiger partial charge < -0.3 is 9.97 Å². The number of terminal acetylenes is 1. The quantitative estimate of drug-likeness (QED) is 0.135. The molecule has 9 rings (SSSR count). The zero-order valence-corrected chi connectivity index (χ0v) is 30.6. The monoisotopic (exact) mass is 700 g/mol. The first-order chi connectivity index (χ1) is 24.7. The Morgan fingerprint density at radius 3 is 0.961 bits per heavy atom. The number of hydrogen-bond donors (Lipinski definition) is 0. The van der Waals surface area contributed by atoms with E-state index in [1.54, 1.807) is 0 Å². The van der Waals surface area contributed by atoms with Gasteiger partial charge in [-0.2, -0.15) is 0 Å². The van der Waals surface area contributed by atoms with E-state index in [9.17, 15) is 0 Å². The van der Waals surface area contributed by atoms with Gasteiger partial charge in [0.2, 0.25) is 0 Å². The van der Waals surface area contributed by atoms with E-state index in [1.807, 2.05) is 66.7 Å². The van der Waals surface area contributed by atoms with Crippen molar-refractivity contribution in [3.63, 3.8) is 0 Å². The van der Waals surface area contributed by atoms with E-state index in [2.05, 4.69) is 103 Å². The van der Waals surface area contributed by atoms with Crippen LogP contribution in [0.3, 0.4) is 0 Å². The maximum Gasteiger partial charge on any atom is 2.00 e. The summed E-state index contributed by atoms with van der Waals surface area (Å²) in [6.07, 6.45) is 14.1. The smallest absolute Gasteiger partial charge is 0.657 e. The third-order valence-corrected chi connectivity index (χ3v) is 9.14. The Bertz CT molecular complexity index is 2640. The Labute approximate surface area is 309 Å². The topological polar surface area (TPSA) is 54.0 Å². The van der Waals surface area contributed by atoms with Crippen LogP contribution in [0.15, 0.2) is 140 Å². The third kappa shape index (κ3) is 5.87. The Hall–Kier alpha value is -6.34. The number of rotatable bonds is 4. The molecule has 0 spiro atoms. The third-order valence-electron chi connectivity index (χ3n) is 9.14. The molecule has 234 valence electrons. The van der Waals surface area contributed by atoms with Crippen LogP contribution in [0.25, 0.3) is 90.9 Å². The first-order valence-corrected chi connectivity index (χ1v) is 16.5. The molecule has 0 atom stereocenters. The molecule has 3 aromatic heterocycles. The van der Waals surface area contributed by atoms with Crippen LogP contribution in [0.2, 0.25) is 0 Å². The fraction of sp³-hybridized carbons (Fsp3) is 0. The maximum atomic E-state index is 5.73. The van der Waals surface area contributed by atoms with Gasteiger partial charge in [0.1, 0.15) is 0 Å². The van der Waals surface area contributed by atoms with Crippen molar-refractivity contribution < 1.29 is 19.5 Å². The average Bonchev–Trinajstić information content (AvgIpc) is 4.01. The summed E-state index contributed by atoms with van der Waals surface area (Å²) >= 11 is 0. The molecule has 4 nitrogen and oxygen atoms in total. The molecule has 0 fully saturated rings. The summed E-state index contributed by atoms with van der Waals surface area (Å²) in [7, 11) is 0. The minimum atomic E-state index is 0. The van der Waals surface area contributed by atoms with Crippen LogP contribution in [0.5, 0.6) is 0 Å². The van der Waals surface area contributed by atoms with Crippen molar-refractivity contribution in [2.75, 3.05) is 0 Å². The van der Waals surface area contributed by atoms with Gasteiger partial charge in [-0.3, -0.25) is 0 Å². The van der Waals surface area contributed by atoms with E-state index >= 15 is 0 Å². The fourth-order valence-corrected chi connectivity index (χ4v) is 6.82. The molecule has 0 unspecified atom stereocenters. The summed E-state index contributed by atoms with van der Waals surface area (Å²) in [6, 6.07) is 47.4. The SMILES string of the molecule is C#Cc1ccc(-c2c3nc(c(-c4ccccc4)c4ccc([n-]4)c(-c4ccccc4)c4nc(c(-c5ccccc5)c5ccc2[n-]5)C=C4)C=C3)cc1.[Zn+2]. The minimum absolute atomic E-state index is 0. The molecule has 0 saturated carbocycles. The molecule has 8 bridgehead atoms. The van der Waals surface area contributed by atoms with Gasteiger partial charge in [-0.05, 0) is 80.9 Å². The molecule has 5 heterocycles. The molecular formula is C46H28N4Zn. The Balaban J connectivity index is 0.00000374. The number of aromatic nitrogens is 4. The van der Waals surface area contributed by atoms with Crippen molar-refractivity contribution in [1.82, 2.24) is 19.9 Å². The standard InChI is InChI=1S/C46H28N4.Zn/c1-2-30-18-20-34(21-19-30)46-41-28-26-39(49-41)44(32-14-8-4-9-15-32)37-24-22-35(47-37)43(31-12-6-3-7-13-31)36-23-25-38(48-36)45(33-16-10-5-11-17-33)40-27-29-42(46)50-40;/h1,3-29H;/q-2;+2. The minimum Gasteiger partial charge on any atom is -0.657 e. The Morgan fingerprint density at radius 1 is 0.373 bits per heavy atom. The molecule has 0 saturated heterocycles. The Morgan fingerprint density at radius 2 is 0.667 bits per heavy atom. The molecule has 5 heteroatoms. The molecule has 51 heavy (non-hydrogen) atoms. The normalized spacial score (nSPS) is 11.6. The van der Waals surface area contributed by atoms with Gasteiger partial charge in [-0.15, -0.1) is 28.5 Å². The number of benzene rings is 4. The van der Waals surface area contributed by atoms with E-state index in [1.165, 1.54) is 0 Å². The Kier molecular flexibility index (Phi) is 8.46. The first kappa shape index (κ1) is 31.9. The zero-order valence-electron chi connectivity index (χ0n) is 27.7. The van der Waals surface area contributed by atoms with Crippen molar-refractivity contribution >= 4 is 46.4 Å². The molecule has 0 aliphatic carbocycles. The molecule has 7 aromatic rings. The maximum absolute atomic E-state index is 5.73. The van der Waals surface area contributed by atoms with Crippen LogP contribution in [0, 0.1) is 12.3 Å². The van der Waals surface area contributed by atoms with Crippen LogP contribution in [-0.2, 0) is 19.5 Å². The van der Waals surface area contributed by atoms with Crippen molar-refractivity contribution in [2.45, 2.75) is 0 Å². The van der Waals surface area contributed by atoms with Gasteiger partial charge in [0, 0.05) is 5.56 Å². The van der Waals surface area contributed by atoms with Crippen LogP contribution in [0.4, 0.5) is 0 Å². The first-order valence-electron chi connectivity index (χ1n) is 16.5. The van der Waals surface area contributed by atoms with Gasteiger partial charge in [-0.25, -0.2) is 9.97 Å². The second kappa shape index (κ2) is 13.5. The molecule has 4 aromatic carbocycles. The fourth-order valence-electron chi connectivity index (χ4n) is 6.82. The van der Waals surface area contributed by atoms with E-state index in [0.29, 0.717) is 0 Å². The molecular weight excluding hydrogens is 674 g/mol. The van der Waals surface area contributed by atoms with Crippen LogP contribution >= 0.6 is 0 Å². The van der Waals surface area contributed by atoms with Crippen LogP contribution < -0.4 is 9.97 Å². The zero-order chi connectivity index (χ0) is 33.4. The summed E-state index contributed by atoms with van der Waals surface area (Å²) < 4.78 is 0. The summed E-state index contributed by atoms with van der Waals surface area (Å²) in [5.41, 5.74) is 15.4. The molecule has 0 N–H and O–H groups in total. The second-order valence-electron chi connectivity index (χ2n) is 12.2. The van der Waals surface area contributed by atoms with Crippen LogP contribution in [0.1, 0.15) is 28.3 Å². The summed E-state index contributed by atoms with van der Waals surface area (Å²) in [5.74, 6) is 2.74. The van der Waals surface area contributed by atoms with Crippen molar-refractivity contribution in [2.24, 2.45) is 0 Å². The molecule has 0 amide bonds.